The van der Waals surface area contributed by atoms with Gasteiger partial charge in [-0.05, 0) is 63.4 Å². The van der Waals surface area contributed by atoms with Crippen molar-refractivity contribution in [3.63, 3.8) is 0 Å². The van der Waals surface area contributed by atoms with Gasteiger partial charge in [-0.2, -0.15) is 0 Å². The van der Waals surface area contributed by atoms with Crippen LogP contribution in [0.3, 0.4) is 0 Å². The van der Waals surface area contributed by atoms with Crippen LogP contribution < -0.4 is 10.1 Å². The Hall–Kier alpha value is -2.86. The molecule has 166 valence electrons. The lowest BCUT2D eigenvalue weighted by atomic mass is 9.96. The molecule has 6 nitrogen and oxygen atoms in total. The molecule has 0 radical (unpaired) electrons. The van der Waals surface area contributed by atoms with Crippen LogP contribution in [0.4, 0.5) is 0 Å². The molecule has 0 bridgehead atoms. The Bertz CT molecular complexity index is 895. The Morgan fingerprint density at radius 2 is 1.94 bits per heavy atom. The molecule has 2 aromatic rings. The SMILES string of the molecule is Cc1ccc(C(=O)N2CCCC(C(=O)NCC(O)c3cccc(OC(C)C)c3)C2)cc1. The number of nitrogens with zero attached hydrogens (tertiary/aromatic N) is 1. The van der Waals surface area contributed by atoms with Gasteiger partial charge in [0.05, 0.1) is 18.1 Å². The lowest BCUT2D eigenvalue weighted by Crippen LogP contribution is -2.46. The summed E-state index contributed by atoms with van der Waals surface area (Å²) in [5, 5.41) is 13.4. The topological polar surface area (TPSA) is 78.9 Å². The van der Waals surface area contributed by atoms with E-state index >= 15 is 0 Å². The minimum atomic E-state index is -0.825. The Morgan fingerprint density at radius 1 is 1.19 bits per heavy atom. The van der Waals surface area contributed by atoms with Crippen LogP contribution >= 0.6 is 0 Å². The minimum Gasteiger partial charge on any atom is -0.491 e. The first-order valence-corrected chi connectivity index (χ1v) is 10.9. The number of ether oxygens (including phenoxy) is 1. The predicted octanol–water partition coefficient (Wildman–Crippen LogP) is 3.48. The van der Waals surface area contributed by atoms with E-state index in [0.29, 0.717) is 30.0 Å². The summed E-state index contributed by atoms with van der Waals surface area (Å²) < 4.78 is 5.67. The molecule has 0 saturated carbocycles. The number of carbonyl (C=O) groups is 2. The highest BCUT2D eigenvalue weighted by Gasteiger charge is 2.29. The molecule has 6 heteroatoms. The molecule has 2 aromatic carbocycles. The van der Waals surface area contributed by atoms with E-state index in [1.54, 1.807) is 11.0 Å². The van der Waals surface area contributed by atoms with Crippen LogP contribution in [-0.4, -0.2) is 47.6 Å². The Balaban J connectivity index is 1.54. The minimum absolute atomic E-state index is 0.0421. The fraction of sp³-hybridized carbons (Fsp3) is 0.440. The van der Waals surface area contributed by atoms with Crippen molar-refractivity contribution < 1.29 is 19.4 Å². The number of aliphatic hydroxyl groups excluding tert-OH is 1. The largest absolute Gasteiger partial charge is 0.491 e. The van der Waals surface area contributed by atoms with E-state index in [4.69, 9.17) is 4.74 Å². The molecule has 2 amide bonds. The van der Waals surface area contributed by atoms with Gasteiger partial charge in [-0.15, -0.1) is 0 Å². The number of piperidine rings is 1. The third kappa shape index (κ3) is 6.31. The van der Waals surface area contributed by atoms with E-state index in [-0.39, 0.29) is 30.4 Å². The van der Waals surface area contributed by atoms with Crippen LogP contribution in [0.5, 0.6) is 5.75 Å². The van der Waals surface area contributed by atoms with E-state index in [2.05, 4.69) is 5.32 Å². The van der Waals surface area contributed by atoms with Gasteiger partial charge in [0.1, 0.15) is 5.75 Å². The molecular weight excluding hydrogens is 392 g/mol. The molecule has 0 aromatic heterocycles. The monoisotopic (exact) mass is 424 g/mol. The van der Waals surface area contributed by atoms with Gasteiger partial charge in [0.25, 0.3) is 5.91 Å². The van der Waals surface area contributed by atoms with Crippen molar-refractivity contribution >= 4 is 11.8 Å². The lowest BCUT2D eigenvalue weighted by molar-refractivity contribution is -0.126. The molecule has 2 unspecified atom stereocenters. The number of amides is 2. The third-order valence-corrected chi connectivity index (χ3v) is 5.46. The maximum absolute atomic E-state index is 12.8. The van der Waals surface area contributed by atoms with E-state index in [9.17, 15) is 14.7 Å². The van der Waals surface area contributed by atoms with E-state index in [1.807, 2.05) is 63.2 Å². The first-order chi connectivity index (χ1) is 14.8. The number of aliphatic hydroxyl groups is 1. The maximum atomic E-state index is 12.8. The van der Waals surface area contributed by atoms with Crippen molar-refractivity contribution in [3.8, 4) is 5.75 Å². The summed E-state index contributed by atoms with van der Waals surface area (Å²) in [7, 11) is 0. The van der Waals surface area contributed by atoms with Gasteiger partial charge >= 0.3 is 0 Å². The predicted molar refractivity (Wildman–Crippen MR) is 120 cm³/mol. The molecule has 31 heavy (non-hydrogen) atoms. The van der Waals surface area contributed by atoms with E-state index in [1.165, 1.54) is 0 Å². The molecule has 0 aliphatic carbocycles. The molecular formula is C25H32N2O4. The summed E-state index contributed by atoms with van der Waals surface area (Å²) in [6, 6.07) is 14.8. The Labute approximate surface area is 184 Å². The summed E-state index contributed by atoms with van der Waals surface area (Å²) in [6.45, 7) is 7.04. The first-order valence-electron chi connectivity index (χ1n) is 10.9. The zero-order chi connectivity index (χ0) is 22.4. The number of rotatable bonds is 7. The average Bonchev–Trinajstić information content (AvgIpc) is 2.77. The molecule has 1 aliphatic rings. The number of nitrogens with one attached hydrogen (secondary N) is 1. The molecule has 1 saturated heterocycles. The fourth-order valence-corrected chi connectivity index (χ4v) is 3.78. The number of benzene rings is 2. The Kier molecular flexibility index (Phi) is 7.69. The number of hydrogen-bond acceptors (Lipinski definition) is 4. The number of hydrogen-bond donors (Lipinski definition) is 2. The molecule has 3 rings (SSSR count). The molecule has 2 N–H and O–H groups in total. The van der Waals surface area contributed by atoms with Crippen LogP contribution in [0, 0.1) is 12.8 Å². The second kappa shape index (κ2) is 10.4. The highest BCUT2D eigenvalue weighted by molar-refractivity contribution is 5.94. The number of aryl methyl sites for hydroxylation is 1. The maximum Gasteiger partial charge on any atom is 0.253 e. The summed E-state index contributed by atoms with van der Waals surface area (Å²) in [5.74, 6) is 0.246. The summed E-state index contributed by atoms with van der Waals surface area (Å²) >= 11 is 0. The summed E-state index contributed by atoms with van der Waals surface area (Å²) in [6.07, 6.45) is 0.738. The summed E-state index contributed by atoms with van der Waals surface area (Å²) in [5.41, 5.74) is 2.44. The van der Waals surface area contributed by atoms with Gasteiger partial charge in [0.15, 0.2) is 0 Å². The van der Waals surface area contributed by atoms with Gasteiger partial charge in [-0.25, -0.2) is 0 Å². The number of likely N-dealkylation sites (tertiary alicyclic amines) is 1. The fourth-order valence-electron chi connectivity index (χ4n) is 3.78. The van der Waals surface area contributed by atoms with Crippen molar-refractivity contribution in [2.45, 2.75) is 45.8 Å². The smallest absolute Gasteiger partial charge is 0.253 e. The van der Waals surface area contributed by atoms with Crippen LogP contribution in [0.15, 0.2) is 48.5 Å². The standard InChI is InChI=1S/C25H32N2O4/c1-17(2)31-22-8-4-6-20(14-22)23(28)15-26-24(29)21-7-5-13-27(16-21)25(30)19-11-9-18(3)10-12-19/h4,6,8-12,14,17,21,23,28H,5,7,13,15-16H2,1-3H3,(H,26,29). The van der Waals surface area contributed by atoms with Crippen molar-refractivity contribution in [3.05, 3.63) is 65.2 Å². The van der Waals surface area contributed by atoms with Crippen molar-refractivity contribution in [1.82, 2.24) is 10.2 Å². The average molecular weight is 425 g/mol. The van der Waals surface area contributed by atoms with Gasteiger partial charge in [0, 0.05) is 25.2 Å². The molecule has 0 spiro atoms. The highest BCUT2D eigenvalue weighted by Crippen LogP contribution is 2.22. The number of carbonyl (C=O) groups excluding carboxylic acids is 2. The molecule has 1 fully saturated rings. The van der Waals surface area contributed by atoms with Gasteiger partial charge < -0.3 is 20.1 Å². The van der Waals surface area contributed by atoms with E-state index in [0.717, 1.165) is 18.4 Å². The second-order valence-corrected chi connectivity index (χ2v) is 8.46. The van der Waals surface area contributed by atoms with Crippen LogP contribution in [0.1, 0.15) is 54.3 Å². The third-order valence-electron chi connectivity index (χ3n) is 5.46. The van der Waals surface area contributed by atoms with Gasteiger partial charge in [-0.3, -0.25) is 9.59 Å². The summed E-state index contributed by atoms with van der Waals surface area (Å²) in [4.78, 5) is 27.2. The van der Waals surface area contributed by atoms with Crippen LogP contribution in [0.2, 0.25) is 0 Å². The Morgan fingerprint density at radius 3 is 2.65 bits per heavy atom. The first kappa shape index (κ1) is 22.8. The zero-order valence-electron chi connectivity index (χ0n) is 18.5. The normalized spacial score (nSPS) is 17.3. The molecule has 2 atom stereocenters. The van der Waals surface area contributed by atoms with Crippen molar-refractivity contribution in [2.75, 3.05) is 19.6 Å². The molecule has 1 heterocycles. The van der Waals surface area contributed by atoms with E-state index < -0.39 is 6.10 Å². The van der Waals surface area contributed by atoms with Crippen molar-refractivity contribution in [1.29, 1.82) is 0 Å². The highest BCUT2D eigenvalue weighted by atomic mass is 16.5. The second-order valence-electron chi connectivity index (χ2n) is 8.46. The lowest BCUT2D eigenvalue weighted by Gasteiger charge is -2.32. The zero-order valence-corrected chi connectivity index (χ0v) is 18.5. The van der Waals surface area contributed by atoms with Gasteiger partial charge in [0.2, 0.25) is 5.91 Å². The quantitative estimate of drug-likeness (QED) is 0.713. The van der Waals surface area contributed by atoms with Gasteiger partial charge in [-0.1, -0.05) is 29.8 Å². The van der Waals surface area contributed by atoms with Crippen LogP contribution in [-0.2, 0) is 4.79 Å². The molecule has 1 aliphatic heterocycles. The van der Waals surface area contributed by atoms with Crippen LogP contribution in [0.25, 0.3) is 0 Å². The van der Waals surface area contributed by atoms with Crippen molar-refractivity contribution in [2.24, 2.45) is 5.92 Å².